The molecule has 0 saturated carbocycles. The molecule has 4 nitrogen and oxygen atoms in total. The van der Waals surface area contributed by atoms with Crippen LogP contribution in [0.4, 0.5) is 8.78 Å². The van der Waals surface area contributed by atoms with Gasteiger partial charge in [-0.2, -0.15) is 0 Å². The van der Waals surface area contributed by atoms with E-state index in [1.807, 2.05) is 45.2 Å². The first kappa shape index (κ1) is 18.8. The van der Waals surface area contributed by atoms with Crippen molar-refractivity contribution in [2.24, 2.45) is 0 Å². The maximum atomic E-state index is 13.7. The number of carbonyl (C=O) groups is 2. The molecule has 0 spiro atoms. The van der Waals surface area contributed by atoms with Gasteiger partial charge in [-0.05, 0) is 92.0 Å². The SMILES string of the molecule is O=C(Oc1c(I)cc(I)cc1I)c1ccc(F)c(F)c1C(=O)O. The molecule has 0 amide bonds. The van der Waals surface area contributed by atoms with E-state index in [0.29, 0.717) is 13.2 Å². The Morgan fingerprint density at radius 2 is 1.61 bits per heavy atom. The van der Waals surface area contributed by atoms with E-state index in [1.165, 1.54) is 0 Å². The van der Waals surface area contributed by atoms with Crippen molar-refractivity contribution in [1.82, 2.24) is 0 Å². The minimum atomic E-state index is -1.75. The van der Waals surface area contributed by atoms with Gasteiger partial charge in [0.05, 0.1) is 12.7 Å². The number of carboxylic acid groups (broad SMARTS) is 1. The Labute approximate surface area is 170 Å². The van der Waals surface area contributed by atoms with Gasteiger partial charge in [-0.15, -0.1) is 0 Å². The molecule has 0 aromatic heterocycles. The number of esters is 1. The van der Waals surface area contributed by atoms with Crippen molar-refractivity contribution in [3.05, 3.63) is 57.7 Å². The van der Waals surface area contributed by atoms with Crippen LogP contribution in [0.2, 0.25) is 0 Å². The summed E-state index contributed by atoms with van der Waals surface area (Å²) in [6.07, 6.45) is 0. The molecule has 0 unspecified atom stereocenters. The van der Waals surface area contributed by atoms with E-state index in [1.54, 1.807) is 12.1 Å². The van der Waals surface area contributed by atoms with E-state index in [0.717, 1.165) is 9.64 Å². The predicted octanol–water partition coefficient (Wildman–Crippen LogP) is 4.70. The second kappa shape index (κ2) is 7.55. The highest BCUT2D eigenvalue weighted by Crippen LogP contribution is 2.30. The Bertz CT molecular complexity index is 801. The minimum Gasteiger partial charge on any atom is -0.478 e. The molecular weight excluding hydrogens is 651 g/mol. The summed E-state index contributed by atoms with van der Waals surface area (Å²) >= 11 is 6.02. The molecule has 2 aromatic rings. The Hall–Kier alpha value is -0.570. The largest absolute Gasteiger partial charge is 0.478 e. The smallest absolute Gasteiger partial charge is 0.344 e. The van der Waals surface area contributed by atoms with Gasteiger partial charge in [-0.1, -0.05) is 0 Å². The van der Waals surface area contributed by atoms with Crippen molar-refractivity contribution in [3.8, 4) is 5.75 Å². The Kier molecular flexibility index (Phi) is 6.16. The number of hydrogen-bond acceptors (Lipinski definition) is 3. The fourth-order valence-electron chi connectivity index (χ4n) is 1.70. The zero-order chi connectivity index (χ0) is 17.3. The van der Waals surface area contributed by atoms with Crippen molar-refractivity contribution in [2.75, 3.05) is 0 Å². The van der Waals surface area contributed by atoms with Crippen LogP contribution in [0, 0.1) is 22.3 Å². The molecule has 23 heavy (non-hydrogen) atoms. The van der Waals surface area contributed by atoms with E-state index in [-0.39, 0.29) is 5.75 Å². The lowest BCUT2D eigenvalue weighted by Gasteiger charge is -2.11. The number of ether oxygens (including phenoxy) is 1. The van der Waals surface area contributed by atoms with Crippen molar-refractivity contribution in [2.45, 2.75) is 0 Å². The number of rotatable bonds is 3. The fraction of sp³-hybridized carbons (Fsp3) is 0. The predicted molar refractivity (Wildman–Crippen MR) is 103 cm³/mol. The van der Waals surface area contributed by atoms with Crippen LogP contribution in [0.25, 0.3) is 0 Å². The van der Waals surface area contributed by atoms with Crippen LogP contribution in [0.3, 0.4) is 0 Å². The van der Waals surface area contributed by atoms with E-state index < -0.39 is 34.7 Å². The lowest BCUT2D eigenvalue weighted by Crippen LogP contribution is -2.17. The molecule has 0 aliphatic carbocycles. The maximum Gasteiger partial charge on any atom is 0.344 e. The monoisotopic (exact) mass is 656 g/mol. The third-order valence-electron chi connectivity index (χ3n) is 2.69. The molecule has 0 atom stereocenters. The molecule has 1 N–H and O–H groups in total. The van der Waals surface area contributed by atoms with Crippen LogP contribution in [0.15, 0.2) is 24.3 Å². The molecule has 2 aromatic carbocycles. The maximum absolute atomic E-state index is 13.7. The van der Waals surface area contributed by atoms with Crippen LogP contribution in [-0.2, 0) is 0 Å². The third-order valence-corrected chi connectivity index (χ3v) is 4.91. The van der Waals surface area contributed by atoms with Crippen molar-refractivity contribution < 1.29 is 28.2 Å². The number of aromatic carboxylic acids is 1. The molecule has 0 aliphatic heterocycles. The summed E-state index contributed by atoms with van der Waals surface area (Å²) in [6, 6.07) is 5.09. The average molecular weight is 656 g/mol. The van der Waals surface area contributed by atoms with Gasteiger partial charge in [0.2, 0.25) is 0 Å². The first-order chi connectivity index (χ1) is 10.7. The Balaban J connectivity index is 2.47. The highest BCUT2D eigenvalue weighted by atomic mass is 127. The van der Waals surface area contributed by atoms with Crippen LogP contribution >= 0.6 is 67.8 Å². The molecular formula is C14H5F2I3O4. The molecule has 0 saturated heterocycles. The summed E-state index contributed by atoms with van der Waals surface area (Å²) in [5, 5.41) is 9.01. The summed E-state index contributed by atoms with van der Waals surface area (Å²) in [5.41, 5.74) is -1.60. The van der Waals surface area contributed by atoms with E-state index >= 15 is 0 Å². The summed E-state index contributed by atoms with van der Waals surface area (Å²) < 4.78 is 34.2. The van der Waals surface area contributed by atoms with Gasteiger partial charge in [-0.25, -0.2) is 18.4 Å². The van der Waals surface area contributed by atoms with Gasteiger partial charge < -0.3 is 9.84 Å². The average Bonchev–Trinajstić information content (AvgIpc) is 2.44. The van der Waals surface area contributed by atoms with Gasteiger partial charge in [0, 0.05) is 3.57 Å². The molecule has 2 rings (SSSR count). The summed E-state index contributed by atoms with van der Waals surface area (Å²) in [4.78, 5) is 23.3. The Morgan fingerprint density at radius 1 is 1.04 bits per heavy atom. The number of carbonyl (C=O) groups excluding carboxylic acids is 1. The van der Waals surface area contributed by atoms with Crippen molar-refractivity contribution >= 4 is 79.7 Å². The summed E-state index contributed by atoms with van der Waals surface area (Å²) in [5.74, 6) is -5.53. The first-order valence-electron chi connectivity index (χ1n) is 5.80. The normalized spacial score (nSPS) is 10.5. The second-order valence-electron chi connectivity index (χ2n) is 4.18. The van der Waals surface area contributed by atoms with Crippen LogP contribution in [0.1, 0.15) is 20.7 Å². The summed E-state index contributed by atoms with van der Waals surface area (Å²) in [7, 11) is 0. The van der Waals surface area contributed by atoms with Crippen LogP contribution in [-0.4, -0.2) is 17.0 Å². The lowest BCUT2D eigenvalue weighted by atomic mass is 10.1. The molecule has 0 bridgehead atoms. The zero-order valence-corrected chi connectivity index (χ0v) is 17.3. The standard InChI is InChI=1S/C14H5F2I3O4/c15-7-2-1-6(10(11(7)16)13(20)21)14(22)23-12-8(18)3-5(17)4-9(12)19/h1-4H,(H,20,21). The van der Waals surface area contributed by atoms with Gasteiger partial charge in [-0.3, -0.25) is 0 Å². The molecule has 0 radical (unpaired) electrons. The lowest BCUT2D eigenvalue weighted by molar-refractivity contribution is 0.0660. The number of halogens is 5. The molecule has 0 heterocycles. The van der Waals surface area contributed by atoms with Crippen LogP contribution < -0.4 is 4.74 Å². The van der Waals surface area contributed by atoms with Crippen molar-refractivity contribution in [3.63, 3.8) is 0 Å². The van der Waals surface area contributed by atoms with E-state index in [2.05, 4.69) is 22.6 Å². The first-order valence-corrected chi connectivity index (χ1v) is 9.04. The molecule has 0 aliphatic rings. The van der Waals surface area contributed by atoms with Gasteiger partial charge in [0.25, 0.3) is 0 Å². The third kappa shape index (κ3) is 4.10. The zero-order valence-electron chi connectivity index (χ0n) is 10.9. The van der Waals surface area contributed by atoms with Crippen molar-refractivity contribution in [1.29, 1.82) is 0 Å². The van der Waals surface area contributed by atoms with E-state index in [4.69, 9.17) is 9.84 Å². The number of hydrogen-bond donors (Lipinski definition) is 1. The molecule has 9 heteroatoms. The highest BCUT2D eigenvalue weighted by molar-refractivity contribution is 14.1. The number of carboxylic acids is 1. The number of benzene rings is 2. The van der Waals surface area contributed by atoms with E-state index in [9.17, 15) is 18.4 Å². The quantitative estimate of drug-likeness (QED) is 0.296. The topological polar surface area (TPSA) is 63.6 Å². The van der Waals surface area contributed by atoms with Gasteiger partial charge in [0.15, 0.2) is 17.4 Å². The molecule has 120 valence electrons. The highest BCUT2D eigenvalue weighted by Gasteiger charge is 2.26. The fourth-order valence-corrected chi connectivity index (χ4v) is 5.51. The van der Waals surface area contributed by atoms with Crippen LogP contribution in [0.5, 0.6) is 5.75 Å². The summed E-state index contributed by atoms with van der Waals surface area (Å²) in [6.45, 7) is 0. The molecule has 0 fully saturated rings. The van der Waals surface area contributed by atoms with Gasteiger partial charge >= 0.3 is 11.9 Å². The Morgan fingerprint density at radius 3 is 2.13 bits per heavy atom. The van der Waals surface area contributed by atoms with Gasteiger partial charge in [0.1, 0.15) is 5.56 Å². The second-order valence-corrected chi connectivity index (χ2v) is 7.75. The minimum absolute atomic E-state index is 0.234.